The van der Waals surface area contributed by atoms with Crippen molar-refractivity contribution < 1.29 is 23.4 Å². The van der Waals surface area contributed by atoms with Crippen LogP contribution in [-0.4, -0.2) is 51.8 Å². The van der Waals surface area contributed by atoms with Gasteiger partial charge >= 0.3 is 6.09 Å². The van der Waals surface area contributed by atoms with Crippen molar-refractivity contribution in [3.8, 4) is 26.9 Å². The summed E-state index contributed by atoms with van der Waals surface area (Å²) >= 11 is 14.7. The van der Waals surface area contributed by atoms with Gasteiger partial charge in [0.1, 0.15) is 27.9 Å². The second-order valence-electron chi connectivity index (χ2n) is 9.91. The van der Waals surface area contributed by atoms with Gasteiger partial charge < -0.3 is 14.2 Å². The molecule has 1 aliphatic heterocycles. The summed E-state index contributed by atoms with van der Waals surface area (Å²) in [4.78, 5) is 14.3. The highest BCUT2D eigenvalue weighted by molar-refractivity contribution is 9.11. The molecule has 0 N–H and O–H groups in total. The fourth-order valence-corrected chi connectivity index (χ4v) is 6.26. The van der Waals surface area contributed by atoms with Crippen molar-refractivity contribution in [2.75, 3.05) is 13.2 Å². The molecule has 0 radical (unpaired) electrons. The SMILES string of the molecule is CC(C)(C)OC(=O)N1[C@@H](COc2cc(Cl)c(-c3nnc(-c4cc(Br)cc(Br)c4)s3)cc2F)COC1(C)C. The Balaban J connectivity index is 1.51. The molecule has 3 aromatic rings. The first kappa shape index (κ1) is 28.2. The number of rotatable bonds is 5. The largest absolute Gasteiger partial charge is 0.488 e. The highest BCUT2D eigenvalue weighted by atomic mass is 79.9. The van der Waals surface area contributed by atoms with Gasteiger partial charge in [0, 0.05) is 26.1 Å². The fraction of sp³-hybridized carbons (Fsp3) is 0.400. The number of amides is 1. The van der Waals surface area contributed by atoms with Gasteiger partial charge in [0.25, 0.3) is 0 Å². The third-order valence-electron chi connectivity index (χ3n) is 5.38. The van der Waals surface area contributed by atoms with Crippen LogP contribution in [0.2, 0.25) is 5.02 Å². The number of aromatic nitrogens is 2. The maximum Gasteiger partial charge on any atom is 0.413 e. The highest BCUT2D eigenvalue weighted by Gasteiger charge is 2.46. The molecule has 2 heterocycles. The van der Waals surface area contributed by atoms with Crippen LogP contribution in [0.4, 0.5) is 9.18 Å². The molecular weight excluding hydrogens is 653 g/mol. The molecule has 12 heteroatoms. The lowest BCUT2D eigenvalue weighted by Gasteiger charge is -2.35. The molecule has 1 atom stereocenters. The van der Waals surface area contributed by atoms with E-state index in [4.69, 9.17) is 25.8 Å². The Labute approximate surface area is 240 Å². The molecule has 1 fully saturated rings. The lowest BCUT2D eigenvalue weighted by molar-refractivity contribution is -0.0637. The van der Waals surface area contributed by atoms with Crippen molar-refractivity contribution in [2.24, 2.45) is 0 Å². The van der Waals surface area contributed by atoms with Crippen LogP contribution in [0.15, 0.2) is 39.3 Å². The van der Waals surface area contributed by atoms with Crippen molar-refractivity contribution in [3.63, 3.8) is 0 Å². The van der Waals surface area contributed by atoms with Gasteiger partial charge in [-0.3, -0.25) is 4.90 Å². The van der Waals surface area contributed by atoms with E-state index in [1.165, 1.54) is 28.4 Å². The predicted molar refractivity (Wildman–Crippen MR) is 149 cm³/mol. The zero-order chi connectivity index (χ0) is 27.1. The molecule has 0 aliphatic carbocycles. The minimum Gasteiger partial charge on any atom is -0.488 e. The molecular formula is C25H25Br2ClFN3O4S. The van der Waals surface area contributed by atoms with E-state index in [1.807, 2.05) is 18.2 Å². The molecule has 1 aliphatic rings. The van der Waals surface area contributed by atoms with Crippen molar-refractivity contribution in [3.05, 3.63) is 50.1 Å². The first-order valence-electron chi connectivity index (χ1n) is 11.3. The fourth-order valence-electron chi connectivity index (χ4n) is 3.80. The average molecular weight is 678 g/mol. The minimum absolute atomic E-state index is 0.00398. The zero-order valence-corrected chi connectivity index (χ0v) is 25.5. The van der Waals surface area contributed by atoms with Gasteiger partial charge in [-0.1, -0.05) is 54.8 Å². The first-order chi connectivity index (χ1) is 17.2. The molecule has 0 saturated carbocycles. The van der Waals surface area contributed by atoms with E-state index in [9.17, 15) is 4.79 Å². The first-order valence-corrected chi connectivity index (χ1v) is 14.1. The second-order valence-corrected chi connectivity index (χ2v) is 13.1. The van der Waals surface area contributed by atoms with Gasteiger partial charge in [-0.15, -0.1) is 10.2 Å². The molecule has 1 saturated heterocycles. The number of hydrogen-bond acceptors (Lipinski definition) is 7. The third-order valence-corrected chi connectivity index (χ3v) is 7.62. The molecule has 1 aromatic heterocycles. The normalized spacial score (nSPS) is 17.2. The minimum atomic E-state index is -0.893. The van der Waals surface area contributed by atoms with Crippen molar-refractivity contribution in [2.45, 2.75) is 52.0 Å². The monoisotopic (exact) mass is 675 g/mol. The van der Waals surface area contributed by atoms with Crippen molar-refractivity contribution in [1.82, 2.24) is 15.1 Å². The summed E-state index contributed by atoms with van der Waals surface area (Å²) in [5.74, 6) is -0.647. The standard InChI is InChI=1S/C25H25Br2ClFN3O4S/c1-24(2,3)36-23(33)32-16(12-35-25(32,4)5)11-34-20-10-18(28)17(9-19(20)29)22-31-30-21(37-22)13-6-14(26)8-15(27)7-13/h6-10,16H,11-12H2,1-5H3/t16-/m0/s1. The number of halogens is 4. The second kappa shape index (κ2) is 10.8. The average Bonchev–Trinajstić information content (AvgIpc) is 3.36. The number of nitrogens with zero attached hydrogens (tertiary/aromatic N) is 3. The Bertz CT molecular complexity index is 1310. The van der Waals surface area contributed by atoms with Crippen LogP contribution in [0, 0.1) is 5.82 Å². The molecule has 0 bridgehead atoms. The molecule has 37 heavy (non-hydrogen) atoms. The van der Waals surface area contributed by atoms with Crippen LogP contribution in [-0.2, 0) is 9.47 Å². The summed E-state index contributed by atoms with van der Waals surface area (Å²) in [6.07, 6.45) is -0.526. The van der Waals surface area contributed by atoms with Crippen molar-refractivity contribution in [1.29, 1.82) is 0 Å². The molecule has 0 unspecified atom stereocenters. The smallest absolute Gasteiger partial charge is 0.413 e. The Morgan fingerprint density at radius 2 is 1.84 bits per heavy atom. The van der Waals surface area contributed by atoms with Crippen LogP contribution < -0.4 is 4.74 Å². The number of carbonyl (C=O) groups excluding carboxylic acids is 1. The van der Waals surface area contributed by atoms with E-state index in [0.717, 1.165) is 14.5 Å². The van der Waals surface area contributed by atoms with Gasteiger partial charge in [0.15, 0.2) is 11.6 Å². The Kier molecular flexibility index (Phi) is 8.21. The molecule has 1 amide bonds. The number of carbonyl (C=O) groups is 1. The number of ether oxygens (including phenoxy) is 3. The summed E-state index contributed by atoms with van der Waals surface area (Å²) in [6, 6.07) is 7.96. The predicted octanol–water partition coefficient (Wildman–Crippen LogP) is 7.94. The molecule has 2 aromatic carbocycles. The van der Waals surface area contributed by atoms with Crippen LogP contribution in [0.1, 0.15) is 34.6 Å². The Hall–Kier alpha value is -1.79. The summed E-state index contributed by atoms with van der Waals surface area (Å²) in [7, 11) is 0. The van der Waals surface area contributed by atoms with Crippen LogP contribution in [0.3, 0.4) is 0 Å². The lowest BCUT2D eigenvalue weighted by Crippen LogP contribution is -2.51. The Morgan fingerprint density at radius 3 is 2.49 bits per heavy atom. The summed E-state index contributed by atoms with van der Waals surface area (Å²) in [5, 5.41) is 9.86. The van der Waals surface area contributed by atoms with Crippen molar-refractivity contribution >= 4 is 60.9 Å². The van der Waals surface area contributed by atoms with E-state index in [0.29, 0.717) is 15.6 Å². The van der Waals surface area contributed by atoms with E-state index >= 15 is 4.39 Å². The van der Waals surface area contributed by atoms with Gasteiger partial charge in [-0.05, 0) is 58.9 Å². The molecule has 4 rings (SSSR count). The van der Waals surface area contributed by atoms with E-state index in [1.54, 1.807) is 34.6 Å². The van der Waals surface area contributed by atoms with E-state index < -0.39 is 29.3 Å². The summed E-state index contributed by atoms with van der Waals surface area (Å²) in [6.45, 7) is 9.13. The zero-order valence-electron chi connectivity index (χ0n) is 20.8. The quantitative estimate of drug-likeness (QED) is 0.273. The molecule has 7 nitrogen and oxygen atoms in total. The maximum atomic E-state index is 15.1. The summed E-state index contributed by atoms with van der Waals surface area (Å²) < 4.78 is 33.9. The molecule has 198 valence electrons. The number of hydrogen-bond donors (Lipinski definition) is 0. The van der Waals surface area contributed by atoms with Gasteiger partial charge in [0.05, 0.1) is 17.7 Å². The van der Waals surface area contributed by atoms with Gasteiger partial charge in [0.2, 0.25) is 0 Å². The van der Waals surface area contributed by atoms with Gasteiger partial charge in [-0.25, -0.2) is 9.18 Å². The van der Waals surface area contributed by atoms with E-state index in [2.05, 4.69) is 42.1 Å². The number of benzene rings is 2. The highest BCUT2D eigenvalue weighted by Crippen LogP contribution is 2.38. The van der Waals surface area contributed by atoms with Crippen LogP contribution in [0.25, 0.3) is 21.1 Å². The molecule has 0 spiro atoms. The third kappa shape index (κ3) is 6.62. The lowest BCUT2D eigenvalue weighted by atomic mass is 10.2. The van der Waals surface area contributed by atoms with Crippen LogP contribution in [0.5, 0.6) is 5.75 Å². The maximum absolute atomic E-state index is 15.1. The van der Waals surface area contributed by atoms with E-state index in [-0.39, 0.29) is 24.0 Å². The Morgan fingerprint density at radius 1 is 1.19 bits per heavy atom. The van der Waals surface area contributed by atoms with Gasteiger partial charge in [-0.2, -0.15) is 0 Å². The van der Waals surface area contributed by atoms with Crippen LogP contribution >= 0.6 is 54.8 Å². The topological polar surface area (TPSA) is 73.8 Å². The summed E-state index contributed by atoms with van der Waals surface area (Å²) in [5.41, 5.74) is -0.298.